The summed E-state index contributed by atoms with van der Waals surface area (Å²) in [6.45, 7) is 0.275. The number of carbonyl (C=O) groups is 1. The number of methoxy groups -OCH3 is 1. The predicted molar refractivity (Wildman–Crippen MR) is 125 cm³/mol. The average molecular weight is 464 g/mol. The highest BCUT2D eigenvalue weighted by molar-refractivity contribution is 7.89. The van der Waals surface area contributed by atoms with E-state index in [9.17, 15) is 13.2 Å². The number of primary sulfonamides is 1. The van der Waals surface area contributed by atoms with Gasteiger partial charge >= 0.3 is 0 Å². The largest absolute Gasteiger partial charge is 0.497 e. The highest BCUT2D eigenvalue weighted by Crippen LogP contribution is 2.23. The minimum atomic E-state index is -3.89. The maximum absolute atomic E-state index is 13.0. The lowest BCUT2D eigenvalue weighted by Gasteiger charge is -2.13. The van der Waals surface area contributed by atoms with Crippen molar-refractivity contribution in [2.45, 2.75) is 11.4 Å². The molecular weight excluding hydrogens is 442 g/mol. The third-order valence-electron chi connectivity index (χ3n) is 4.82. The van der Waals surface area contributed by atoms with Gasteiger partial charge in [0.25, 0.3) is 5.91 Å². The Kier molecular flexibility index (Phi) is 6.20. The first kappa shape index (κ1) is 22.2. The number of amides is 1. The summed E-state index contributed by atoms with van der Waals surface area (Å²) in [5, 5.41) is 11.1. The minimum absolute atomic E-state index is 0.0632. The van der Waals surface area contributed by atoms with E-state index in [1.54, 1.807) is 37.4 Å². The van der Waals surface area contributed by atoms with Crippen molar-refractivity contribution in [3.8, 4) is 5.75 Å². The lowest BCUT2D eigenvalue weighted by atomic mass is 10.2. The van der Waals surface area contributed by atoms with Gasteiger partial charge in [0, 0.05) is 12.2 Å². The number of nitrogens with zero attached hydrogens (tertiary/aromatic N) is 2. The lowest BCUT2D eigenvalue weighted by molar-refractivity contribution is 0.0947. The predicted octanol–water partition coefficient (Wildman–Crippen LogP) is 2.96. The smallest absolute Gasteiger partial charge is 0.274 e. The maximum Gasteiger partial charge on any atom is 0.274 e. The van der Waals surface area contributed by atoms with Crippen molar-refractivity contribution in [1.82, 2.24) is 15.3 Å². The zero-order valence-electron chi connectivity index (χ0n) is 17.6. The fraction of sp³-hybridized carbons (Fsp3) is 0.0870. The van der Waals surface area contributed by atoms with Crippen LogP contribution in [0, 0.1) is 0 Å². The van der Waals surface area contributed by atoms with Crippen LogP contribution in [0.5, 0.6) is 5.75 Å². The Balaban J connectivity index is 1.65. The monoisotopic (exact) mass is 463 g/mol. The Morgan fingerprint density at radius 3 is 2.33 bits per heavy atom. The third-order valence-corrected chi connectivity index (χ3v) is 5.73. The van der Waals surface area contributed by atoms with Crippen molar-refractivity contribution in [1.29, 1.82) is 0 Å². The number of anilines is 2. The van der Waals surface area contributed by atoms with E-state index in [1.165, 1.54) is 12.1 Å². The molecule has 4 rings (SSSR count). The standard InChI is InChI=1S/C23H21N5O4S/c1-32-17-11-9-15(10-12-17)14-25-23(29)21-22(28-20-8-3-2-7-19(20)27-21)26-16-5-4-6-18(13-16)33(24,30)31/h2-13H,14H2,1H3,(H,25,29)(H,26,28)(H2,24,30,31). The molecule has 1 amide bonds. The lowest BCUT2D eigenvalue weighted by Crippen LogP contribution is -2.25. The number of fused-ring (bicyclic) bond motifs is 1. The van der Waals surface area contributed by atoms with E-state index in [4.69, 9.17) is 9.88 Å². The van der Waals surface area contributed by atoms with Crippen molar-refractivity contribution >= 4 is 38.5 Å². The summed E-state index contributed by atoms with van der Waals surface area (Å²) in [5.74, 6) is 0.473. The summed E-state index contributed by atoms with van der Waals surface area (Å²) >= 11 is 0. The number of rotatable bonds is 7. The van der Waals surface area contributed by atoms with Gasteiger partial charge in [0.05, 0.1) is 23.0 Å². The minimum Gasteiger partial charge on any atom is -0.497 e. The van der Waals surface area contributed by atoms with Crippen LogP contribution in [-0.4, -0.2) is 31.4 Å². The van der Waals surface area contributed by atoms with Crippen molar-refractivity contribution in [2.24, 2.45) is 5.14 Å². The average Bonchev–Trinajstić information content (AvgIpc) is 2.82. The summed E-state index contributed by atoms with van der Waals surface area (Å²) in [7, 11) is -2.30. The SMILES string of the molecule is COc1ccc(CNC(=O)c2nc3ccccc3nc2Nc2cccc(S(N)(=O)=O)c2)cc1. The van der Waals surface area contributed by atoms with Gasteiger partial charge in [0.15, 0.2) is 11.5 Å². The number of hydrogen-bond donors (Lipinski definition) is 3. The molecule has 168 valence electrons. The molecule has 0 atom stereocenters. The molecule has 0 unspecified atom stereocenters. The van der Waals surface area contributed by atoms with Gasteiger partial charge < -0.3 is 15.4 Å². The Morgan fingerprint density at radius 2 is 1.67 bits per heavy atom. The second-order valence-electron chi connectivity index (χ2n) is 7.14. The van der Waals surface area contributed by atoms with Gasteiger partial charge in [-0.2, -0.15) is 0 Å². The normalized spacial score (nSPS) is 11.2. The Hall–Kier alpha value is -4.02. The van der Waals surface area contributed by atoms with Crippen LogP contribution in [0.15, 0.2) is 77.7 Å². The molecule has 3 aromatic carbocycles. The van der Waals surface area contributed by atoms with E-state index in [1.807, 2.05) is 30.3 Å². The molecule has 9 nitrogen and oxygen atoms in total. The summed E-state index contributed by atoms with van der Waals surface area (Å²) < 4.78 is 28.5. The van der Waals surface area contributed by atoms with Crippen molar-refractivity contribution < 1.29 is 17.9 Å². The van der Waals surface area contributed by atoms with Crippen LogP contribution < -0.4 is 20.5 Å². The van der Waals surface area contributed by atoms with Gasteiger partial charge in [-0.05, 0) is 48.0 Å². The Bertz CT molecular complexity index is 1420. The van der Waals surface area contributed by atoms with Crippen molar-refractivity contribution in [2.75, 3.05) is 12.4 Å². The van der Waals surface area contributed by atoms with Crippen LogP contribution in [0.1, 0.15) is 16.1 Å². The van der Waals surface area contributed by atoms with E-state index in [0.29, 0.717) is 16.7 Å². The molecule has 0 fully saturated rings. The van der Waals surface area contributed by atoms with Crippen LogP contribution in [0.4, 0.5) is 11.5 Å². The topological polar surface area (TPSA) is 136 Å². The number of hydrogen-bond acceptors (Lipinski definition) is 7. The Morgan fingerprint density at radius 1 is 0.970 bits per heavy atom. The molecule has 4 aromatic rings. The molecule has 0 radical (unpaired) electrons. The van der Waals surface area contributed by atoms with E-state index < -0.39 is 15.9 Å². The highest BCUT2D eigenvalue weighted by Gasteiger charge is 2.18. The first-order valence-electron chi connectivity index (χ1n) is 9.91. The zero-order valence-corrected chi connectivity index (χ0v) is 18.5. The number of benzene rings is 3. The number of ether oxygens (including phenoxy) is 1. The summed E-state index contributed by atoms with van der Waals surface area (Å²) in [6, 6.07) is 20.4. The molecule has 0 spiro atoms. The molecule has 0 aliphatic carbocycles. The van der Waals surface area contributed by atoms with E-state index in [-0.39, 0.29) is 23.0 Å². The van der Waals surface area contributed by atoms with Crippen molar-refractivity contribution in [3.05, 3.63) is 84.1 Å². The van der Waals surface area contributed by atoms with Crippen LogP contribution in [-0.2, 0) is 16.6 Å². The molecule has 1 aromatic heterocycles. The van der Waals surface area contributed by atoms with Crippen LogP contribution in [0.25, 0.3) is 11.0 Å². The number of carbonyl (C=O) groups excluding carboxylic acids is 1. The second-order valence-corrected chi connectivity index (χ2v) is 8.70. The van der Waals surface area contributed by atoms with Gasteiger partial charge in [0.1, 0.15) is 5.75 Å². The molecule has 33 heavy (non-hydrogen) atoms. The molecule has 0 aliphatic heterocycles. The van der Waals surface area contributed by atoms with Gasteiger partial charge in [-0.3, -0.25) is 4.79 Å². The highest BCUT2D eigenvalue weighted by atomic mass is 32.2. The van der Waals surface area contributed by atoms with Gasteiger partial charge in [-0.15, -0.1) is 0 Å². The molecule has 1 heterocycles. The Labute approximate surface area is 190 Å². The maximum atomic E-state index is 13.0. The van der Waals surface area contributed by atoms with Crippen LogP contribution >= 0.6 is 0 Å². The summed E-state index contributed by atoms with van der Waals surface area (Å²) in [6.07, 6.45) is 0. The van der Waals surface area contributed by atoms with E-state index in [2.05, 4.69) is 20.6 Å². The van der Waals surface area contributed by atoms with Gasteiger partial charge in [-0.25, -0.2) is 23.5 Å². The molecule has 0 saturated heterocycles. The zero-order chi connectivity index (χ0) is 23.4. The van der Waals surface area contributed by atoms with Crippen LogP contribution in [0.3, 0.4) is 0 Å². The number of nitrogens with one attached hydrogen (secondary N) is 2. The number of sulfonamides is 1. The van der Waals surface area contributed by atoms with Gasteiger partial charge in [-0.1, -0.05) is 30.3 Å². The fourth-order valence-electron chi connectivity index (χ4n) is 3.14. The third kappa shape index (κ3) is 5.25. The molecule has 0 saturated carbocycles. The van der Waals surface area contributed by atoms with E-state index in [0.717, 1.165) is 11.3 Å². The first-order chi connectivity index (χ1) is 15.8. The van der Waals surface area contributed by atoms with Gasteiger partial charge in [0.2, 0.25) is 10.0 Å². The molecular formula is C23H21N5O4S. The van der Waals surface area contributed by atoms with Crippen LogP contribution in [0.2, 0.25) is 0 Å². The van der Waals surface area contributed by atoms with E-state index >= 15 is 0 Å². The second kappa shape index (κ2) is 9.23. The summed E-state index contributed by atoms with van der Waals surface area (Å²) in [5.41, 5.74) is 2.48. The number of aromatic nitrogens is 2. The molecule has 10 heteroatoms. The quantitative estimate of drug-likeness (QED) is 0.383. The molecule has 0 aliphatic rings. The van der Waals surface area contributed by atoms with Crippen molar-refractivity contribution in [3.63, 3.8) is 0 Å². The molecule has 4 N–H and O–H groups in total. The number of nitrogens with two attached hydrogens (primary N) is 1. The fourth-order valence-corrected chi connectivity index (χ4v) is 3.70. The summed E-state index contributed by atoms with van der Waals surface area (Å²) in [4.78, 5) is 22.0. The molecule has 0 bridgehead atoms. The first-order valence-corrected chi connectivity index (χ1v) is 11.5. The number of para-hydroxylation sites is 2.